The second-order valence-electron chi connectivity index (χ2n) is 7.01. The Balaban J connectivity index is 2.16. The Bertz CT molecular complexity index is 1090. The van der Waals surface area contributed by atoms with Gasteiger partial charge in [0.05, 0.1) is 18.6 Å². The number of aliphatic hydroxyl groups excluding tert-OH is 1. The maximum absolute atomic E-state index is 13.2. The Morgan fingerprint density at radius 1 is 1.12 bits per heavy atom. The average Bonchev–Trinajstić information content (AvgIpc) is 2.79. The highest BCUT2D eigenvalue weighted by Gasteiger charge is 2.28. The number of ether oxygens (including phenoxy) is 2. The van der Waals surface area contributed by atoms with Crippen molar-refractivity contribution >= 4 is 10.0 Å². The third-order valence-corrected chi connectivity index (χ3v) is 6.45. The first-order valence-electron chi connectivity index (χ1n) is 10.2. The summed E-state index contributed by atoms with van der Waals surface area (Å²) in [5.41, 5.74) is 4.38. The zero-order valence-corrected chi connectivity index (χ0v) is 19.5. The number of benzene rings is 2. The summed E-state index contributed by atoms with van der Waals surface area (Å²) >= 11 is 0. The summed E-state index contributed by atoms with van der Waals surface area (Å²) in [6, 6.07) is 13.8. The van der Waals surface area contributed by atoms with E-state index in [0.29, 0.717) is 6.42 Å². The van der Waals surface area contributed by atoms with Gasteiger partial charge >= 0.3 is 0 Å². The fraction of sp³-hybridized carbons (Fsp3) is 0.320. The predicted molar refractivity (Wildman–Crippen MR) is 124 cm³/mol. The van der Waals surface area contributed by atoms with Crippen molar-refractivity contribution in [2.45, 2.75) is 37.9 Å². The van der Waals surface area contributed by atoms with Gasteiger partial charge in [0.1, 0.15) is 18.5 Å². The molecule has 0 bridgehead atoms. The lowest BCUT2D eigenvalue weighted by Crippen LogP contribution is -2.38. The summed E-state index contributed by atoms with van der Waals surface area (Å²) < 4.78 is 38.3. The molecule has 0 aromatic heterocycles. The predicted octanol–water partition coefficient (Wildman–Crippen LogP) is 3.65. The van der Waals surface area contributed by atoms with Gasteiger partial charge in [0, 0.05) is 13.0 Å². The molecule has 0 heterocycles. The maximum Gasteiger partial charge on any atom is 0.244 e. The molecule has 0 saturated carbocycles. The first-order valence-corrected chi connectivity index (χ1v) is 11.6. The van der Waals surface area contributed by atoms with Crippen LogP contribution in [0, 0.1) is 18.8 Å². The van der Waals surface area contributed by atoms with Gasteiger partial charge in [-0.15, -0.1) is 5.92 Å². The van der Waals surface area contributed by atoms with E-state index in [4.69, 9.17) is 9.47 Å². The highest BCUT2D eigenvalue weighted by Crippen LogP contribution is 2.19. The largest absolute Gasteiger partial charge is 0.497 e. The van der Waals surface area contributed by atoms with Crippen LogP contribution in [0.2, 0.25) is 0 Å². The Labute approximate surface area is 190 Å². The number of aliphatic hydroxyl groups is 1. The molecule has 0 spiro atoms. The average molecular weight is 456 g/mol. The normalized spacial score (nSPS) is 11.8. The number of aryl methyl sites for hydroxylation is 1. The standard InChI is InChI=1S/C25H29NO5S/c1-5-7-8-17-26(32(28,29)23-15-9-20(3)10-16-23)18-24(27)25(6-2)31-19-21-11-13-22(30-4)14-12-21/h9-16,24,27H,2,5,17-19H2,1,3-4H3. The van der Waals surface area contributed by atoms with Crippen LogP contribution in [0.15, 0.2) is 71.5 Å². The first-order chi connectivity index (χ1) is 15.3. The van der Waals surface area contributed by atoms with Gasteiger partial charge in [-0.1, -0.05) is 55.0 Å². The maximum atomic E-state index is 13.2. The molecule has 0 saturated heterocycles. The molecule has 0 aliphatic rings. The molecule has 2 aromatic carbocycles. The third kappa shape index (κ3) is 7.01. The van der Waals surface area contributed by atoms with Gasteiger partial charge in [-0.3, -0.25) is 0 Å². The van der Waals surface area contributed by atoms with E-state index in [1.165, 1.54) is 0 Å². The number of methoxy groups -OCH3 is 1. The van der Waals surface area contributed by atoms with Crippen LogP contribution in [0.3, 0.4) is 0 Å². The molecule has 0 fully saturated rings. The van der Waals surface area contributed by atoms with Gasteiger partial charge in [0.25, 0.3) is 0 Å². The topological polar surface area (TPSA) is 76.1 Å². The van der Waals surface area contributed by atoms with E-state index in [-0.39, 0.29) is 30.4 Å². The minimum absolute atomic E-state index is 0.0516. The molecule has 0 aliphatic carbocycles. The molecule has 1 unspecified atom stereocenters. The Hall–Kier alpha value is -3.01. The molecular weight excluding hydrogens is 426 g/mol. The smallest absolute Gasteiger partial charge is 0.244 e. The minimum Gasteiger partial charge on any atom is -0.497 e. The minimum atomic E-state index is -3.87. The van der Waals surface area contributed by atoms with Gasteiger partial charge < -0.3 is 14.6 Å². The van der Waals surface area contributed by atoms with Gasteiger partial charge in [-0.05, 0) is 36.8 Å². The zero-order valence-electron chi connectivity index (χ0n) is 18.7. The van der Waals surface area contributed by atoms with E-state index >= 15 is 0 Å². The lowest BCUT2D eigenvalue weighted by Gasteiger charge is -2.24. The number of nitrogens with zero attached hydrogens (tertiary/aromatic N) is 1. The monoisotopic (exact) mass is 455 g/mol. The van der Waals surface area contributed by atoms with Crippen LogP contribution in [0.5, 0.6) is 5.75 Å². The Morgan fingerprint density at radius 3 is 2.34 bits per heavy atom. The quantitative estimate of drug-likeness (QED) is 0.336. The molecule has 170 valence electrons. The van der Waals surface area contributed by atoms with Crippen LogP contribution < -0.4 is 4.74 Å². The van der Waals surface area contributed by atoms with Crippen molar-refractivity contribution in [2.75, 3.05) is 20.2 Å². The molecule has 6 nitrogen and oxygen atoms in total. The number of rotatable bonds is 10. The second-order valence-corrected chi connectivity index (χ2v) is 8.95. The van der Waals surface area contributed by atoms with E-state index < -0.39 is 16.1 Å². The molecule has 0 radical (unpaired) electrons. The van der Waals surface area contributed by atoms with Crippen LogP contribution >= 0.6 is 0 Å². The molecule has 1 atom stereocenters. The SMILES string of the molecule is C=C=C(OCc1ccc(OC)cc1)C(O)CN(CC#CCC)S(=O)(=O)c1ccc(C)cc1. The van der Waals surface area contributed by atoms with Crippen LogP contribution in [0.25, 0.3) is 0 Å². The lowest BCUT2D eigenvalue weighted by atomic mass is 10.2. The first kappa shape index (κ1) is 25.3. The van der Waals surface area contributed by atoms with E-state index in [2.05, 4.69) is 24.2 Å². The molecular formula is C25H29NO5S. The Morgan fingerprint density at radius 2 is 1.78 bits per heavy atom. The van der Waals surface area contributed by atoms with E-state index in [1.54, 1.807) is 43.5 Å². The van der Waals surface area contributed by atoms with E-state index in [9.17, 15) is 13.5 Å². The summed E-state index contributed by atoms with van der Waals surface area (Å²) in [7, 11) is -2.29. The molecule has 1 N–H and O–H groups in total. The van der Waals surface area contributed by atoms with Crippen molar-refractivity contribution in [1.29, 1.82) is 0 Å². The fourth-order valence-electron chi connectivity index (χ4n) is 2.80. The zero-order chi connectivity index (χ0) is 23.6. The summed E-state index contributed by atoms with van der Waals surface area (Å²) in [6.45, 7) is 7.21. The lowest BCUT2D eigenvalue weighted by molar-refractivity contribution is 0.0841. The summed E-state index contributed by atoms with van der Waals surface area (Å²) in [5.74, 6) is 6.49. The molecule has 2 rings (SSSR count). The van der Waals surface area contributed by atoms with E-state index in [1.807, 2.05) is 26.0 Å². The van der Waals surface area contributed by atoms with Gasteiger partial charge in [0.15, 0.2) is 5.76 Å². The van der Waals surface area contributed by atoms with E-state index in [0.717, 1.165) is 21.2 Å². The molecule has 7 heteroatoms. The van der Waals surface area contributed by atoms with Crippen LogP contribution in [-0.4, -0.2) is 44.1 Å². The second kappa shape index (κ2) is 12.1. The van der Waals surface area contributed by atoms with Crippen molar-refractivity contribution in [1.82, 2.24) is 4.31 Å². The Kier molecular flexibility index (Phi) is 9.58. The van der Waals surface area contributed by atoms with Crippen molar-refractivity contribution < 1.29 is 23.0 Å². The van der Waals surface area contributed by atoms with Crippen molar-refractivity contribution in [3.8, 4) is 17.6 Å². The highest BCUT2D eigenvalue weighted by molar-refractivity contribution is 7.89. The van der Waals surface area contributed by atoms with Crippen LogP contribution in [0.1, 0.15) is 24.5 Å². The third-order valence-electron chi connectivity index (χ3n) is 4.62. The summed E-state index contributed by atoms with van der Waals surface area (Å²) in [4.78, 5) is 0.136. The fourth-order valence-corrected chi connectivity index (χ4v) is 4.15. The number of hydrogen-bond acceptors (Lipinski definition) is 5. The summed E-state index contributed by atoms with van der Waals surface area (Å²) in [6.07, 6.45) is -0.654. The van der Waals surface area contributed by atoms with Gasteiger partial charge in [0.2, 0.25) is 10.0 Å². The summed E-state index contributed by atoms with van der Waals surface area (Å²) in [5, 5.41) is 10.7. The molecule has 32 heavy (non-hydrogen) atoms. The molecule has 2 aromatic rings. The van der Waals surface area contributed by atoms with Crippen LogP contribution in [0.4, 0.5) is 0 Å². The number of sulfonamides is 1. The van der Waals surface area contributed by atoms with Crippen molar-refractivity contribution in [3.63, 3.8) is 0 Å². The molecule has 0 amide bonds. The number of hydrogen-bond donors (Lipinski definition) is 1. The highest BCUT2D eigenvalue weighted by atomic mass is 32.2. The van der Waals surface area contributed by atoms with Gasteiger partial charge in [-0.2, -0.15) is 4.31 Å². The van der Waals surface area contributed by atoms with Crippen molar-refractivity contribution in [3.05, 3.63) is 77.7 Å². The van der Waals surface area contributed by atoms with Crippen molar-refractivity contribution in [2.24, 2.45) is 0 Å². The molecule has 0 aliphatic heterocycles. The van der Waals surface area contributed by atoms with Crippen LogP contribution in [-0.2, 0) is 21.4 Å². The van der Waals surface area contributed by atoms with Gasteiger partial charge in [-0.25, -0.2) is 8.42 Å².